The molecule has 9 heteroatoms. The Morgan fingerprint density at radius 2 is 2.33 bits per heavy atom. The van der Waals surface area contributed by atoms with Gasteiger partial charge in [-0.15, -0.1) is 5.10 Å². The normalized spacial score (nSPS) is 20.9. The molecule has 3 rings (SSSR count). The van der Waals surface area contributed by atoms with Crippen molar-refractivity contribution in [2.45, 2.75) is 38.3 Å². The van der Waals surface area contributed by atoms with Crippen LogP contribution in [0.25, 0.3) is 0 Å². The number of amides is 2. The van der Waals surface area contributed by atoms with E-state index in [2.05, 4.69) is 20.9 Å². The molecule has 0 spiro atoms. The molecule has 2 fully saturated rings. The van der Waals surface area contributed by atoms with Crippen LogP contribution in [0.1, 0.15) is 36.2 Å². The second kappa shape index (κ2) is 8.09. The fourth-order valence-electron chi connectivity index (χ4n) is 2.99. The molecule has 2 aliphatic heterocycles. The van der Waals surface area contributed by atoms with Crippen molar-refractivity contribution in [2.75, 3.05) is 32.8 Å². The highest BCUT2D eigenvalue weighted by atomic mass is 16.6. The number of hydrogen-bond donors (Lipinski definition) is 2. The number of aryl methyl sites for hydroxylation is 1. The Kier molecular flexibility index (Phi) is 5.63. The number of piperidine rings is 1. The van der Waals surface area contributed by atoms with Crippen molar-refractivity contribution < 1.29 is 14.3 Å². The first-order chi connectivity index (χ1) is 11.7. The summed E-state index contributed by atoms with van der Waals surface area (Å²) in [6, 6.07) is 0.528. The summed E-state index contributed by atoms with van der Waals surface area (Å²) in [7, 11) is 0. The molecule has 0 aromatic carbocycles. The molecule has 2 amide bonds. The molecule has 1 aromatic rings. The monoisotopic (exact) mass is 336 g/mol. The molecule has 0 bridgehead atoms. The molecule has 0 saturated carbocycles. The fraction of sp³-hybridized carbons (Fsp3) is 0.733. The van der Waals surface area contributed by atoms with Gasteiger partial charge in [0.05, 0.1) is 12.7 Å². The Labute approximate surface area is 140 Å². The van der Waals surface area contributed by atoms with Gasteiger partial charge in [-0.05, 0) is 25.8 Å². The van der Waals surface area contributed by atoms with Gasteiger partial charge in [-0.25, -0.2) is 4.79 Å². The molecular formula is C15H24N6O3. The van der Waals surface area contributed by atoms with Crippen LogP contribution in [0.5, 0.6) is 0 Å². The smallest absolute Gasteiger partial charge is 0.409 e. The first-order valence-corrected chi connectivity index (χ1v) is 8.56. The molecule has 9 nitrogen and oxygen atoms in total. The Hall–Kier alpha value is -2.16. The summed E-state index contributed by atoms with van der Waals surface area (Å²) < 4.78 is 6.54. The number of nitrogens with zero attached hydrogens (tertiary/aromatic N) is 4. The predicted octanol–water partition coefficient (Wildman–Crippen LogP) is -0.00770. The number of rotatable bonds is 7. The minimum atomic E-state index is -0.327. The molecule has 0 radical (unpaired) electrons. The van der Waals surface area contributed by atoms with Crippen LogP contribution in [0.3, 0.4) is 0 Å². The van der Waals surface area contributed by atoms with E-state index in [1.54, 1.807) is 15.8 Å². The zero-order valence-corrected chi connectivity index (χ0v) is 13.7. The van der Waals surface area contributed by atoms with Crippen LogP contribution in [0.15, 0.2) is 6.20 Å². The van der Waals surface area contributed by atoms with E-state index >= 15 is 0 Å². The van der Waals surface area contributed by atoms with Gasteiger partial charge in [0.25, 0.3) is 5.91 Å². The third-order valence-electron chi connectivity index (χ3n) is 4.40. The van der Waals surface area contributed by atoms with Crippen LogP contribution in [0, 0.1) is 0 Å². The summed E-state index contributed by atoms with van der Waals surface area (Å²) in [6.07, 6.45) is 6.05. The average Bonchev–Trinajstić information content (AvgIpc) is 3.23. The summed E-state index contributed by atoms with van der Waals surface area (Å²) in [4.78, 5) is 24.9. The lowest BCUT2D eigenvalue weighted by atomic mass is 10.0. The van der Waals surface area contributed by atoms with E-state index in [4.69, 9.17) is 4.74 Å². The lowest BCUT2D eigenvalue weighted by Crippen LogP contribution is -2.35. The predicted molar refractivity (Wildman–Crippen MR) is 85.5 cm³/mol. The first kappa shape index (κ1) is 16.7. The van der Waals surface area contributed by atoms with Crippen molar-refractivity contribution in [3.63, 3.8) is 0 Å². The summed E-state index contributed by atoms with van der Waals surface area (Å²) in [5, 5.41) is 14.2. The number of aromatic nitrogens is 3. The van der Waals surface area contributed by atoms with E-state index in [-0.39, 0.29) is 12.0 Å². The number of hydrogen-bond acceptors (Lipinski definition) is 6. The van der Waals surface area contributed by atoms with Crippen molar-refractivity contribution in [1.29, 1.82) is 0 Å². The number of carbonyl (C=O) groups is 2. The van der Waals surface area contributed by atoms with Gasteiger partial charge in [0.1, 0.15) is 6.61 Å². The lowest BCUT2D eigenvalue weighted by molar-refractivity contribution is 0.0943. The Bertz CT molecular complexity index is 569. The number of ether oxygens (including phenoxy) is 1. The second-order valence-electron chi connectivity index (χ2n) is 6.16. The van der Waals surface area contributed by atoms with Crippen molar-refractivity contribution in [3.05, 3.63) is 11.9 Å². The van der Waals surface area contributed by atoms with Crippen molar-refractivity contribution in [1.82, 2.24) is 30.5 Å². The largest absolute Gasteiger partial charge is 0.448 e. The zero-order valence-electron chi connectivity index (χ0n) is 13.7. The molecular weight excluding hydrogens is 312 g/mol. The second-order valence-corrected chi connectivity index (χ2v) is 6.16. The van der Waals surface area contributed by atoms with Crippen molar-refractivity contribution >= 4 is 12.0 Å². The minimum absolute atomic E-state index is 0.274. The minimum Gasteiger partial charge on any atom is -0.448 e. The maximum atomic E-state index is 12.0. The standard InChI is InChI=1S/C15H24N6O3/c22-14(17-6-8-20-9-10-24-15(20)23)13-11-21(19-18-13)7-4-12-3-1-2-5-16-12/h11-12,16H,1-10H2,(H,17,22)/t12-/m1/s1. The van der Waals surface area contributed by atoms with Gasteiger partial charge in [-0.3, -0.25) is 9.48 Å². The topological polar surface area (TPSA) is 101 Å². The number of cyclic esters (lactones) is 1. The van der Waals surface area contributed by atoms with E-state index in [1.165, 1.54) is 19.3 Å². The molecule has 2 saturated heterocycles. The summed E-state index contributed by atoms with van der Waals surface area (Å²) >= 11 is 0. The van der Waals surface area contributed by atoms with Crippen LogP contribution in [0.4, 0.5) is 4.79 Å². The van der Waals surface area contributed by atoms with E-state index in [9.17, 15) is 9.59 Å². The van der Waals surface area contributed by atoms with Gasteiger partial charge in [-0.2, -0.15) is 0 Å². The van der Waals surface area contributed by atoms with Crippen LogP contribution in [-0.4, -0.2) is 70.7 Å². The highest BCUT2D eigenvalue weighted by Gasteiger charge is 2.21. The summed E-state index contributed by atoms with van der Waals surface area (Å²) in [5.41, 5.74) is 0.301. The lowest BCUT2D eigenvalue weighted by Gasteiger charge is -2.23. The van der Waals surface area contributed by atoms with Crippen LogP contribution in [-0.2, 0) is 11.3 Å². The van der Waals surface area contributed by atoms with Gasteiger partial charge in [0.15, 0.2) is 5.69 Å². The van der Waals surface area contributed by atoms with Gasteiger partial charge in [-0.1, -0.05) is 11.6 Å². The van der Waals surface area contributed by atoms with Gasteiger partial charge < -0.3 is 20.3 Å². The molecule has 1 aromatic heterocycles. The maximum Gasteiger partial charge on any atom is 0.409 e. The van der Waals surface area contributed by atoms with Crippen LogP contribution >= 0.6 is 0 Å². The quantitative estimate of drug-likeness (QED) is 0.726. The Balaban J connectivity index is 1.39. The third-order valence-corrected chi connectivity index (χ3v) is 4.40. The maximum absolute atomic E-state index is 12.0. The van der Waals surface area contributed by atoms with Gasteiger partial charge >= 0.3 is 6.09 Å². The summed E-state index contributed by atoms with van der Waals surface area (Å²) in [6.45, 7) is 3.62. The van der Waals surface area contributed by atoms with E-state index in [1.807, 2.05) is 0 Å². The van der Waals surface area contributed by atoms with E-state index in [0.717, 1.165) is 19.5 Å². The SMILES string of the molecule is O=C(NCCN1CCOC1=O)c1cn(CC[C@H]2CCCCN2)nn1. The van der Waals surface area contributed by atoms with Crippen molar-refractivity contribution in [3.8, 4) is 0 Å². The molecule has 0 unspecified atom stereocenters. The van der Waals surface area contributed by atoms with Crippen LogP contribution < -0.4 is 10.6 Å². The third kappa shape index (κ3) is 4.44. The zero-order chi connectivity index (χ0) is 16.8. The fourth-order valence-corrected chi connectivity index (χ4v) is 2.99. The molecule has 2 N–H and O–H groups in total. The Morgan fingerprint density at radius 3 is 3.08 bits per heavy atom. The summed E-state index contributed by atoms with van der Waals surface area (Å²) in [5.74, 6) is -0.274. The molecule has 24 heavy (non-hydrogen) atoms. The highest BCUT2D eigenvalue weighted by Crippen LogP contribution is 2.10. The van der Waals surface area contributed by atoms with Crippen molar-refractivity contribution in [2.24, 2.45) is 0 Å². The Morgan fingerprint density at radius 1 is 1.42 bits per heavy atom. The van der Waals surface area contributed by atoms with Crippen LogP contribution in [0.2, 0.25) is 0 Å². The van der Waals surface area contributed by atoms with E-state index in [0.29, 0.717) is 38.0 Å². The van der Waals surface area contributed by atoms with Gasteiger partial charge in [0.2, 0.25) is 0 Å². The molecule has 132 valence electrons. The first-order valence-electron chi connectivity index (χ1n) is 8.56. The highest BCUT2D eigenvalue weighted by molar-refractivity contribution is 5.91. The number of nitrogens with one attached hydrogen (secondary N) is 2. The molecule has 2 aliphatic rings. The molecule has 0 aliphatic carbocycles. The number of carbonyl (C=O) groups excluding carboxylic acids is 2. The van der Waals surface area contributed by atoms with E-state index < -0.39 is 0 Å². The molecule has 3 heterocycles. The van der Waals surface area contributed by atoms with Gasteiger partial charge in [0, 0.05) is 25.7 Å². The molecule has 1 atom stereocenters. The average molecular weight is 336 g/mol.